The zero-order chi connectivity index (χ0) is 34.4. The fraction of sp³-hybridized carbons (Fsp3) is 0.359. The molecular weight excluding hydrogens is 637 g/mol. The van der Waals surface area contributed by atoms with E-state index >= 15 is 13.2 Å². The smallest absolute Gasteiger partial charge is 0.425 e. The van der Waals surface area contributed by atoms with Gasteiger partial charge in [-0.25, -0.2) is 4.79 Å². The van der Waals surface area contributed by atoms with E-state index in [1.165, 1.54) is 17.0 Å². The molecule has 5 nitrogen and oxygen atoms in total. The molecule has 0 aliphatic carbocycles. The molecule has 1 aliphatic rings. The number of halogens is 4. The molecule has 0 N–H and O–H groups in total. The van der Waals surface area contributed by atoms with Crippen molar-refractivity contribution in [3.05, 3.63) is 131 Å². The molecule has 0 bridgehead atoms. The fourth-order valence-corrected chi connectivity index (χ4v) is 6.50. The number of carbonyl (C=O) groups excluding carboxylic acids is 1. The number of nitrogens with zero attached hydrogens (tertiary/aromatic N) is 2. The molecule has 1 atom stereocenters. The molecule has 0 spiro atoms. The molecule has 1 unspecified atom stereocenters. The van der Waals surface area contributed by atoms with E-state index in [0.29, 0.717) is 18.7 Å². The Morgan fingerprint density at radius 1 is 0.854 bits per heavy atom. The van der Waals surface area contributed by atoms with Crippen LogP contribution in [0.5, 0.6) is 5.75 Å². The van der Waals surface area contributed by atoms with Crippen molar-refractivity contribution in [1.29, 1.82) is 0 Å². The highest BCUT2D eigenvalue weighted by Crippen LogP contribution is 2.48. The number of ether oxygens (including phenoxy) is 2. The minimum absolute atomic E-state index is 0.00707. The van der Waals surface area contributed by atoms with Crippen LogP contribution < -0.4 is 9.64 Å². The highest BCUT2D eigenvalue weighted by atomic mass is 35.5. The Labute approximate surface area is 286 Å². The number of hydrogen-bond acceptors (Lipinski definition) is 4. The number of rotatable bonds is 11. The fourth-order valence-electron chi connectivity index (χ4n) is 6.22. The van der Waals surface area contributed by atoms with E-state index in [2.05, 4.69) is 0 Å². The summed E-state index contributed by atoms with van der Waals surface area (Å²) in [7, 11) is 0. The molecule has 9 heteroatoms. The largest absolute Gasteiger partial charge is 0.493 e. The van der Waals surface area contributed by atoms with Crippen LogP contribution in [0.2, 0.25) is 0 Å². The van der Waals surface area contributed by atoms with Gasteiger partial charge in [0.15, 0.2) is 0 Å². The quantitative estimate of drug-likeness (QED) is 0.0900. The normalized spacial score (nSPS) is 14.8. The minimum atomic E-state index is -4.79. The van der Waals surface area contributed by atoms with Crippen LogP contribution in [0.4, 0.5) is 23.7 Å². The van der Waals surface area contributed by atoms with E-state index in [0.717, 1.165) is 28.8 Å². The van der Waals surface area contributed by atoms with Crippen molar-refractivity contribution in [1.82, 2.24) is 4.90 Å². The lowest BCUT2D eigenvalue weighted by atomic mass is 9.89. The van der Waals surface area contributed by atoms with Crippen molar-refractivity contribution < 1.29 is 27.4 Å². The third-order valence-electron chi connectivity index (χ3n) is 8.43. The molecule has 5 rings (SSSR count). The standard InChI is InChI=1S/C39H42ClF3N2O3/c1-37(2,3)48-36(46)45-26-14-22-32-34(45)23-13-24-35(32)47-27-15-25-44(38(40,39(41,42)43)31-20-11-6-12-21-31)28-33(29-16-7-4-8-17-29)30-18-9-5-10-19-30/h4-13,16-21,23-24,33H,14-15,22,25-28H2,1-3H3. The minimum Gasteiger partial charge on any atom is -0.493 e. The van der Waals surface area contributed by atoms with Gasteiger partial charge >= 0.3 is 12.3 Å². The van der Waals surface area contributed by atoms with Crippen molar-refractivity contribution in [3.63, 3.8) is 0 Å². The molecule has 0 radical (unpaired) electrons. The highest BCUT2D eigenvalue weighted by Gasteiger charge is 2.59. The van der Waals surface area contributed by atoms with E-state index < -0.39 is 22.9 Å². The molecule has 48 heavy (non-hydrogen) atoms. The Morgan fingerprint density at radius 2 is 1.44 bits per heavy atom. The molecule has 1 amide bonds. The lowest BCUT2D eigenvalue weighted by Crippen LogP contribution is -2.54. The summed E-state index contributed by atoms with van der Waals surface area (Å²) in [6, 6.07) is 32.3. The van der Waals surface area contributed by atoms with Crippen LogP contribution in [0.3, 0.4) is 0 Å². The van der Waals surface area contributed by atoms with Gasteiger partial charge in [0.25, 0.3) is 0 Å². The van der Waals surface area contributed by atoms with E-state index in [1.54, 1.807) is 23.1 Å². The molecule has 4 aromatic rings. The Kier molecular flexibility index (Phi) is 11.1. The van der Waals surface area contributed by atoms with Crippen molar-refractivity contribution >= 4 is 23.4 Å². The zero-order valence-electron chi connectivity index (χ0n) is 27.6. The maximum Gasteiger partial charge on any atom is 0.425 e. The van der Waals surface area contributed by atoms with Crippen LogP contribution in [0, 0.1) is 0 Å². The molecule has 0 saturated heterocycles. The molecule has 254 valence electrons. The molecule has 0 fully saturated rings. The highest BCUT2D eigenvalue weighted by molar-refractivity contribution is 6.24. The Morgan fingerprint density at radius 3 is 2.00 bits per heavy atom. The first-order chi connectivity index (χ1) is 22.9. The first kappa shape index (κ1) is 35.3. The van der Waals surface area contributed by atoms with Crippen molar-refractivity contribution in [2.24, 2.45) is 0 Å². The second-order valence-corrected chi connectivity index (χ2v) is 13.5. The van der Waals surface area contributed by atoms with E-state index in [4.69, 9.17) is 21.1 Å². The maximum absolute atomic E-state index is 15.2. The summed E-state index contributed by atoms with van der Waals surface area (Å²) < 4.78 is 57.5. The van der Waals surface area contributed by atoms with Crippen LogP contribution in [0.1, 0.15) is 61.8 Å². The topological polar surface area (TPSA) is 42.0 Å². The van der Waals surface area contributed by atoms with Crippen molar-refractivity contribution in [2.75, 3.05) is 31.1 Å². The van der Waals surface area contributed by atoms with Gasteiger partial charge in [0.1, 0.15) is 11.4 Å². The van der Waals surface area contributed by atoms with E-state index in [1.807, 2.05) is 99.6 Å². The van der Waals surface area contributed by atoms with Crippen LogP contribution in [-0.4, -0.2) is 49.0 Å². The SMILES string of the molecule is CC(C)(C)OC(=O)N1CCCc2c(OCCCN(CC(c3ccccc3)c3ccccc3)C(Cl)(c3ccccc3)C(F)(F)F)cccc21. The number of carbonyl (C=O) groups is 1. The van der Waals surface area contributed by atoms with E-state index in [9.17, 15) is 4.79 Å². The zero-order valence-corrected chi connectivity index (χ0v) is 28.3. The van der Waals surface area contributed by atoms with Crippen LogP contribution in [0.25, 0.3) is 0 Å². The summed E-state index contributed by atoms with van der Waals surface area (Å²) in [6.45, 7) is 6.18. The number of anilines is 1. The summed E-state index contributed by atoms with van der Waals surface area (Å²) in [5.74, 6) is 0.229. The summed E-state index contributed by atoms with van der Waals surface area (Å²) in [6.07, 6.45) is -3.50. The number of fused-ring (bicyclic) bond motifs is 1. The predicted molar refractivity (Wildman–Crippen MR) is 185 cm³/mol. The first-order valence-electron chi connectivity index (χ1n) is 16.3. The van der Waals surface area contributed by atoms with Gasteiger partial charge in [-0.1, -0.05) is 109 Å². The lowest BCUT2D eigenvalue weighted by Gasteiger charge is -2.42. The Balaban J connectivity index is 1.41. The second kappa shape index (κ2) is 15.0. The summed E-state index contributed by atoms with van der Waals surface area (Å²) >= 11 is 6.82. The monoisotopic (exact) mass is 678 g/mol. The third-order valence-corrected chi connectivity index (χ3v) is 9.10. The van der Waals surface area contributed by atoms with Gasteiger partial charge in [0.2, 0.25) is 5.00 Å². The average Bonchev–Trinajstić information content (AvgIpc) is 3.07. The molecule has 0 aromatic heterocycles. The number of amides is 1. The first-order valence-corrected chi connectivity index (χ1v) is 16.7. The van der Waals surface area contributed by atoms with Gasteiger partial charge in [-0.3, -0.25) is 9.80 Å². The summed E-state index contributed by atoms with van der Waals surface area (Å²) in [5, 5.41) is 0. The molecule has 0 saturated carbocycles. The third kappa shape index (κ3) is 8.16. The number of alkyl halides is 4. The van der Waals surface area contributed by atoms with Gasteiger partial charge < -0.3 is 9.47 Å². The van der Waals surface area contributed by atoms with Gasteiger partial charge in [-0.05, 0) is 68.9 Å². The van der Waals surface area contributed by atoms with Crippen LogP contribution in [0.15, 0.2) is 109 Å². The summed E-state index contributed by atoms with van der Waals surface area (Å²) in [5.41, 5.74) is 2.71. The summed E-state index contributed by atoms with van der Waals surface area (Å²) in [4.78, 5) is 13.1. The van der Waals surface area contributed by atoms with Crippen molar-refractivity contribution in [3.8, 4) is 5.75 Å². The maximum atomic E-state index is 15.2. The number of hydrogen-bond donors (Lipinski definition) is 0. The van der Waals surface area contributed by atoms with Gasteiger partial charge in [0, 0.05) is 31.1 Å². The Bertz CT molecular complexity index is 1590. The van der Waals surface area contributed by atoms with Gasteiger partial charge in [-0.15, -0.1) is 0 Å². The van der Waals surface area contributed by atoms with Gasteiger partial charge in [0.05, 0.1) is 12.3 Å². The van der Waals surface area contributed by atoms with E-state index in [-0.39, 0.29) is 37.6 Å². The average molecular weight is 679 g/mol. The Hall–Kier alpha value is -4.01. The van der Waals surface area contributed by atoms with Crippen LogP contribution in [-0.2, 0) is 16.2 Å². The molecule has 4 aromatic carbocycles. The number of benzene rings is 4. The molecular formula is C39H42ClF3N2O3. The van der Waals surface area contributed by atoms with Crippen molar-refractivity contribution in [2.45, 2.75) is 62.7 Å². The van der Waals surface area contributed by atoms with Gasteiger partial charge in [-0.2, -0.15) is 13.2 Å². The predicted octanol–water partition coefficient (Wildman–Crippen LogP) is 9.93. The molecule has 1 heterocycles. The molecule has 1 aliphatic heterocycles. The second-order valence-electron chi connectivity index (χ2n) is 13.0. The van der Waals surface area contributed by atoms with Crippen LogP contribution >= 0.6 is 11.6 Å². The lowest BCUT2D eigenvalue weighted by molar-refractivity contribution is -0.206.